The summed E-state index contributed by atoms with van der Waals surface area (Å²) >= 11 is 5.75. The van der Waals surface area contributed by atoms with Gasteiger partial charge in [0.25, 0.3) is 10.2 Å². The summed E-state index contributed by atoms with van der Waals surface area (Å²) in [5.41, 5.74) is -0.580. The van der Waals surface area contributed by atoms with E-state index in [-0.39, 0.29) is 11.9 Å². The number of alkyl halides is 1. The molecule has 0 saturated carbocycles. The van der Waals surface area contributed by atoms with Crippen LogP contribution in [0.15, 0.2) is 0 Å². The lowest BCUT2D eigenvalue weighted by molar-refractivity contribution is 0.372. The van der Waals surface area contributed by atoms with Crippen molar-refractivity contribution in [2.24, 2.45) is 0 Å². The molecule has 0 amide bonds. The molecular formula is C9H21ClN2O2S. The maximum absolute atomic E-state index is 11.9. The largest absolute Gasteiger partial charge is 0.279 e. The van der Waals surface area contributed by atoms with Crippen molar-refractivity contribution in [3.63, 3.8) is 0 Å². The van der Waals surface area contributed by atoms with Crippen LogP contribution in [-0.2, 0) is 10.2 Å². The number of halogens is 1. The zero-order valence-electron chi connectivity index (χ0n) is 10.0. The molecule has 0 fully saturated rings. The molecule has 1 unspecified atom stereocenters. The van der Waals surface area contributed by atoms with Gasteiger partial charge in [-0.25, -0.2) is 0 Å². The van der Waals surface area contributed by atoms with Crippen LogP contribution < -0.4 is 4.72 Å². The van der Waals surface area contributed by atoms with Gasteiger partial charge in [-0.15, -0.1) is 11.6 Å². The van der Waals surface area contributed by atoms with Gasteiger partial charge in [0.1, 0.15) is 0 Å². The highest BCUT2D eigenvalue weighted by molar-refractivity contribution is 7.87. The minimum Gasteiger partial charge on any atom is -0.195 e. The Morgan fingerprint density at radius 1 is 1.47 bits per heavy atom. The number of nitrogens with zero attached hydrogens (tertiary/aromatic N) is 1. The van der Waals surface area contributed by atoms with Gasteiger partial charge in [0.2, 0.25) is 0 Å². The van der Waals surface area contributed by atoms with Crippen LogP contribution in [0.2, 0.25) is 0 Å². The third-order valence-electron chi connectivity index (χ3n) is 2.56. The molecule has 6 heteroatoms. The van der Waals surface area contributed by atoms with Gasteiger partial charge >= 0.3 is 0 Å². The Balaban J connectivity index is 4.79. The molecule has 0 aromatic rings. The van der Waals surface area contributed by atoms with Crippen LogP contribution in [0, 0.1) is 0 Å². The Morgan fingerprint density at radius 2 is 1.93 bits per heavy atom. The summed E-state index contributed by atoms with van der Waals surface area (Å²) in [6, 6.07) is -0.0704. The van der Waals surface area contributed by atoms with Crippen molar-refractivity contribution in [2.45, 2.75) is 45.7 Å². The molecule has 0 bridgehead atoms. The monoisotopic (exact) mass is 256 g/mol. The first-order valence-electron chi connectivity index (χ1n) is 5.01. The normalized spacial score (nSPS) is 17.1. The van der Waals surface area contributed by atoms with Crippen molar-refractivity contribution in [3.05, 3.63) is 0 Å². The zero-order chi connectivity index (χ0) is 12.3. The smallest absolute Gasteiger partial charge is 0.195 e. The van der Waals surface area contributed by atoms with E-state index in [0.29, 0.717) is 6.42 Å². The molecule has 0 rings (SSSR count). The number of rotatable bonds is 6. The highest BCUT2D eigenvalue weighted by atomic mass is 35.5. The molecule has 0 aliphatic carbocycles. The van der Waals surface area contributed by atoms with Gasteiger partial charge in [-0.3, -0.25) is 0 Å². The molecule has 4 nitrogen and oxygen atoms in total. The maximum Gasteiger partial charge on any atom is 0.279 e. The Bertz CT molecular complexity index is 286. The second-order valence-corrected chi connectivity index (χ2v) is 6.26. The first-order chi connectivity index (χ1) is 6.68. The molecule has 0 heterocycles. The number of hydrogen-bond acceptors (Lipinski definition) is 2. The van der Waals surface area contributed by atoms with E-state index < -0.39 is 15.7 Å². The third-order valence-corrected chi connectivity index (χ3v) is 5.08. The predicted octanol–water partition coefficient (Wildman–Crippen LogP) is 1.57. The van der Waals surface area contributed by atoms with Crippen LogP contribution >= 0.6 is 11.6 Å². The van der Waals surface area contributed by atoms with E-state index in [1.807, 2.05) is 20.8 Å². The second kappa shape index (κ2) is 5.48. The van der Waals surface area contributed by atoms with Crippen molar-refractivity contribution in [1.82, 2.24) is 9.03 Å². The molecule has 0 radical (unpaired) electrons. The highest BCUT2D eigenvalue weighted by Crippen LogP contribution is 2.14. The van der Waals surface area contributed by atoms with Gasteiger partial charge in [-0.1, -0.05) is 6.92 Å². The molecule has 15 heavy (non-hydrogen) atoms. The van der Waals surface area contributed by atoms with Crippen LogP contribution in [0.3, 0.4) is 0 Å². The Hall–Kier alpha value is 0.160. The molecule has 0 aliphatic heterocycles. The molecule has 0 aromatic carbocycles. The van der Waals surface area contributed by atoms with E-state index in [1.54, 1.807) is 14.0 Å². The van der Waals surface area contributed by atoms with Crippen molar-refractivity contribution in [3.8, 4) is 0 Å². The molecular weight excluding hydrogens is 236 g/mol. The third kappa shape index (κ3) is 4.26. The lowest BCUT2D eigenvalue weighted by atomic mass is 10.0. The summed E-state index contributed by atoms with van der Waals surface area (Å²) in [5.74, 6) is 0.259. The van der Waals surface area contributed by atoms with E-state index in [2.05, 4.69) is 4.72 Å². The van der Waals surface area contributed by atoms with Crippen molar-refractivity contribution < 1.29 is 8.42 Å². The van der Waals surface area contributed by atoms with Gasteiger partial charge < -0.3 is 0 Å². The Labute approximate surface area is 98.2 Å². The minimum atomic E-state index is -3.44. The molecule has 0 spiro atoms. The first kappa shape index (κ1) is 15.2. The zero-order valence-corrected chi connectivity index (χ0v) is 11.6. The van der Waals surface area contributed by atoms with Gasteiger partial charge in [-0.05, 0) is 27.2 Å². The summed E-state index contributed by atoms with van der Waals surface area (Å²) in [4.78, 5) is 0. The van der Waals surface area contributed by atoms with Crippen molar-refractivity contribution in [1.29, 1.82) is 0 Å². The van der Waals surface area contributed by atoms with E-state index in [9.17, 15) is 8.42 Å². The number of nitrogens with one attached hydrogen (secondary N) is 1. The fourth-order valence-corrected chi connectivity index (χ4v) is 2.73. The van der Waals surface area contributed by atoms with Gasteiger partial charge in [-0.2, -0.15) is 17.4 Å². The van der Waals surface area contributed by atoms with Gasteiger partial charge in [0, 0.05) is 24.5 Å². The molecule has 0 aliphatic rings. The summed E-state index contributed by atoms with van der Waals surface area (Å²) in [5, 5.41) is 0. The van der Waals surface area contributed by atoms with E-state index in [1.165, 1.54) is 4.31 Å². The number of hydrogen-bond donors (Lipinski definition) is 1. The molecule has 0 aromatic heterocycles. The van der Waals surface area contributed by atoms with E-state index in [0.717, 1.165) is 0 Å². The average Bonchev–Trinajstić information content (AvgIpc) is 2.15. The summed E-state index contributed by atoms with van der Waals surface area (Å²) in [6.45, 7) is 7.35. The fraction of sp³-hybridized carbons (Fsp3) is 1.00. The maximum atomic E-state index is 11.9. The molecule has 92 valence electrons. The quantitative estimate of drug-likeness (QED) is 0.734. The summed E-state index contributed by atoms with van der Waals surface area (Å²) in [7, 11) is -1.89. The highest BCUT2D eigenvalue weighted by Gasteiger charge is 2.30. The van der Waals surface area contributed by atoms with Crippen LogP contribution in [-0.4, -0.2) is 37.2 Å². The lowest BCUT2D eigenvalue weighted by Crippen LogP contribution is -2.53. The summed E-state index contributed by atoms with van der Waals surface area (Å²) < 4.78 is 27.6. The van der Waals surface area contributed by atoms with Crippen LogP contribution in [0.5, 0.6) is 0 Å². The van der Waals surface area contributed by atoms with E-state index >= 15 is 0 Å². The Kier molecular flexibility index (Phi) is 5.54. The molecule has 1 N–H and O–H groups in total. The van der Waals surface area contributed by atoms with Crippen molar-refractivity contribution >= 4 is 21.8 Å². The molecule has 0 saturated heterocycles. The van der Waals surface area contributed by atoms with Gasteiger partial charge in [0.15, 0.2) is 0 Å². The minimum absolute atomic E-state index is 0.0704. The SMILES string of the molecule is CCC(C)(CCl)NS(=O)(=O)N(C)C(C)C. The van der Waals surface area contributed by atoms with E-state index in [4.69, 9.17) is 11.6 Å². The van der Waals surface area contributed by atoms with Crippen LogP contribution in [0.4, 0.5) is 0 Å². The fourth-order valence-electron chi connectivity index (χ4n) is 0.855. The average molecular weight is 257 g/mol. The lowest BCUT2D eigenvalue weighted by Gasteiger charge is -2.30. The van der Waals surface area contributed by atoms with Gasteiger partial charge in [0.05, 0.1) is 0 Å². The Morgan fingerprint density at radius 3 is 2.20 bits per heavy atom. The van der Waals surface area contributed by atoms with Crippen LogP contribution in [0.1, 0.15) is 34.1 Å². The predicted molar refractivity (Wildman–Crippen MR) is 64.4 cm³/mol. The molecule has 1 atom stereocenters. The van der Waals surface area contributed by atoms with Crippen molar-refractivity contribution in [2.75, 3.05) is 12.9 Å². The topological polar surface area (TPSA) is 49.4 Å². The second-order valence-electron chi connectivity index (χ2n) is 4.26. The first-order valence-corrected chi connectivity index (χ1v) is 6.99. The standard InChI is InChI=1S/C9H21ClN2O2S/c1-6-9(4,7-10)11-15(13,14)12(5)8(2)3/h8,11H,6-7H2,1-5H3. The summed E-state index contributed by atoms with van der Waals surface area (Å²) in [6.07, 6.45) is 0.654. The van der Waals surface area contributed by atoms with Crippen LogP contribution in [0.25, 0.3) is 0 Å².